The second-order valence-corrected chi connectivity index (χ2v) is 9.32. The Hall–Kier alpha value is -1.34. The molecule has 0 rings (SSSR count). The van der Waals surface area contributed by atoms with Crippen molar-refractivity contribution in [2.75, 3.05) is 27.7 Å². The summed E-state index contributed by atoms with van der Waals surface area (Å²) in [5, 5.41) is 17.6. The number of aliphatic carboxylic acids is 2. The predicted molar refractivity (Wildman–Crippen MR) is 117 cm³/mol. The van der Waals surface area contributed by atoms with Crippen LogP contribution in [0, 0.1) is 0 Å². The number of likely N-dealkylation sites (N-methyl/N-ethyl adjacent to an activating group) is 1. The number of nitrogens with zero attached hydrogens (tertiary/aromatic N) is 1. The predicted octanol–water partition coefficient (Wildman–Crippen LogP) is 1.63. The van der Waals surface area contributed by atoms with Crippen molar-refractivity contribution in [3.8, 4) is 0 Å². The summed E-state index contributed by atoms with van der Waals surface area (Å²) in [6.45, 7) is 0.486. The van der Waals surface area contributed by atoms with Gasteiger partial charge in [0.2, 0.25) is 0 Å². The maximum absolute atomic E-state index is 12.0. The highest BCUT2D eigenvalue weighted by Crippen LogP contribution is 2.14. The first-order valence-corrected chi connectivity index (χ1v) is 11.5. The van der Waals surface area contributed by atoms with Crippen molar-refractivity contribution in [3.05, 3.63) is 0 Å². The van der Waals surface area contributed by atoms with E-state index in [1.54, 1.807) is 0 Å². The fourth-order valence-electron chi connectivity index (χ4n) is 3.51. The third kappa shape index (κ3) is 24.8. The van der Waals surface area contributed by atoms with Crippen LogP contribution in [0.5, 0.6) is 0 Å². The van der Waals surface area contributed by atoms with E-state index in [-0.39, 0.29) is 31.2 Å². The monoisotopic (exact) mass is 465 g/mol. The van der Waals surface area contributed by atoms with Gasteiger partial charge < -0.3 is 31.8 Å². The molecule has 0 aliphatic carbocycles. The molecule has 8 heteroatoms. The lowest BCUT2D eigenvalue weighted by Gasteiger charge is -2.28. The lowest BCUT2D eigenvalue weighted by molar-refractivity contribution is -0.873. The number of carbonyl (C=O) groups is 3. The Morgan fingerprint density at radius 2 is 1.06 bits per heavy atom. The Morgan fingerprint density at radius 1 is 0.677 bits per heavy atom. The molecule has 0 aromatic carbocycles. The van der Waals surface area contributed by atoms with Crippen molar-refractivity contribution in [2.24, 2.45) is 0 Å². The Balaban J connectivity index is 0. The number of esters is 1. The zero-order chi connectivity index (χ0) is 22.8. The molecule has 0 aliphatic rings. The van der Waals surface area contributed by atoms with Crippen LogP contribution in [-0.2, 0) is 19.1 Å². The molecule has 0 saturated carbocycles. The molecule has 0 fully saturated rings. The van der Waals surface area contributed by atoms with Crippen molar-refractivity contribution in [3.63, 3.8) is 0 Å². The number of carboxylic acids is 2. The summed E-state index contributed by atoms with van der Waals surface area (Å²) in [6, 6.07) is 0. The van der Waals surface area contributed by atoms with Crippen molar-refractivity contribution in [1.29, 1.82) is 0 Å². The van der Waals surface area contributed by atoms with Crippen LogP contribution in [0.2, 0.25) is 0 Å². The van der Waals surface area contributed by atoms with Crippen molar-refractivity contribution >= 4 is 17.9 Å². The van der Waals surface area contributed by atoms with Crippen LogP contribution in [0.3, 0.4) is 0 Å². The second-order valence-electron chi connectivity index (χ2n) is 9.32. The van der Waals surface area contributed by atoms with E-state index >= 15 is 0 Å². The van der Waals surface area contributed by atoms with Gasteiger partial charge in [0.25, 0.3) is 0 Å². The molecule has 7 nitrogen and oxygen atoms in total. The number of rotatable bonds is 20. The quantitative estimate of drug-likeness (QED) is 0.161. The molecule has 0 amide bonds. The van der Waals surface area contributed by atoms with E-state index < -0.39 is 18.0 Å². The minimum atomic E-state index is -0.945. The van der Waals surface area contributed by atoms with Crippen LogP contribution in [0.1, 0.15) is 96.3 Å². The summed E-state index contributed by atoms with van der Waals surface area (Å²) < 4.78 is 5.94. The first-order chi connectivity index (χ1) is 14.1. The summed E-state index contributed by atoms with van der Waals surface area (Å²) in [4.78, 5) is 33.4. The van der Waals surface area contributed by atoms with E-state index in [2.05, 4.69) is 0 Å². The zero-order valence-electron chi connectivity index (χ0n) is 19.7. The van der Waals surface area contributed by atoms with Crippen LogP contribution in [-0.4, -0.2) is 66.4 Å². The highest BCUT2D eigenvalue weighted by atomic mass is 35.5. The minimum Gasteiger partial charge on any atom is -1.00 e. The Kier molecular flexibility index (Phi) is 19.9. The van der Waals surface area contributed by atoms with E-state index in [4.69, 9.17) is 14.9 Å². The van der Waals surface area contributed by atoms with Gasteiger partial charge in [-0.25, -0.2) is 0 Å². The third-order valence-corrected chi connectivity index (χ3v) is 4.97. The van der Waals surface area contributed by atoms with Crippen LogP contribution < -0.4 is 12.4 Å². The van der Waals surface area contributed by atoms with E-state index in [1.807, 2.05) is 21.1 Å². The van der Waals surface area contributed by atoms with Gasteiger partial charge in [0.1, 0.15) is 6.54 Å². The van der Waals surface area contributed by atoms with E-state index in [0.29, 0.717) is 17.4 Å². The molecule has 1 atom stereocenters. The highest BCUT2D eigenvalue weighted by Gasteiger charge is 2.24. The maximum atomic E-state index is 12.0. The lowest BCUT2D eigenvalue weighted by Crippen LogP contribution is -3.00. The minimum absolute atomic E-state index is 0. The van der Waals surface area contributed by atoms with Gasteiger partial charge >= 0.3 is 17.9 Å². The first-order valence-electron chi connectivity index (χ1n) is 11.5. The summed E-state index contributed by atoms with van der Waals surface area (Å²) >= 11 is 0. The number of quaternary nitrogens is 1. The topological polar surface area (TPSA) is 101 Å². The van der Waals surface area contributed by atoms with Gasteiger partial charge in [0, 0.05) is 12.8 Å². The standard InChI is InChI=1S/C23H43NO6.ClH/c1-24(2,3)19-20(18-22(27)28)30-23(29)17-15-13-11-9-7-5-4-6-8-10-12-14-16-21(25)26;/h20H,4-19H2,1-3H3,(H-,25,26,27,28);1H/t20-;/m1./s1. The number of hydrogen-bond donors (Lipinski definition) is 2. The first kappa shape index (κ1) is 31.8. The number of hydrogen-bond acceptors (Lipinski definition) is 4. The molecular weight excluding hydrogens is 422 g/mol. The van der Waals surface area contributed by atoms with Crippen LogP contribution in [0.25, 0.3) is 0 Å². The second kappa shape index (κ2) is 19.4. The largest absolute Gasteiger partial charge is 1.00 e. The normalized spacial score (nSPS) is 12.1. The number of ether oxygens (including phenoxy) is 1. The van der Waals surface area contributed by atoms with E-state index in [9.17, 15) is 14.4 Å². The molecule has 0 spiro atoms. The zero-order valence-corrected chi connectivity index (χ0v) is 20.5. The number of halogens is 1. The Labute approximate surface area is 194 Å². The van der Waals surface area contributed by atoms with Crippen LogP contribution in [0.15, 0.2) is 0 Å². The molecule has 0 unspecified atom stereocenters. The molecule has 0 bridgehead atoms. The summed E-state index contributed by atoms with van der Waals surface area (Å²) in [6.07, 6.45) is 13.0. The molecular formula is C23H44ClNO6. The van der Waals surface area contributed by atoms with E-state index in [0.717, 1.165) is 38.5 Å². The Morgan fingerprint density at radius 3 is 1.42 bits per heavy atom. The summed E-state index contributed by atoms with van der Waals surface area (Å²) in [7, 11) is 5.85. The van der Waals surface area contributed by atoms with Crippen LogP contribution in [0.4, 0.5) is 0 Å². The summed E-state index contributed by atoms with van der Waals surface area (Å²) in [5.74, 6) is -1.94. The lowest BCUT2D eigenvalue weighted by atomic mass is 10.0. The molecule has 184 valence electrons. The maximum Gasteiger partial charge on any atom is 0.307 e. The van der Waals surface area contributed by atoms with Crippen molar-refractivity contribution in [2.45, 2.75) is 102 Å². The van der Waals surface area contributed by atoms with E-state index in [1.165, 1.54) is 38.5 Å². The van der Waals surface area contributed by atoms with Gasteiger partial charge in [-0.05, 0) is 12.8 Å². The van der Waals surface area contributed by atoms with Crippen molar-refractivity contribution in [1.82, 2.24) is 0 Å². The molecule has 0 aliphatic heterocycles. The molecule has 2 N–H and O–H groups in total. The number of carbonyl (C=O) groups excluding carboxylic acids is 1. The molecule has 0 aromatic heterocycles. The van der Waals surface area contributed by atoms with Gasteiger partial charge in [0.15, 0.2) is 6.10 Å². The Bertz CT molecular complexity index is 493. The SMILES string of the molecule is C[N+](C)(C)C[C@@H](CC(=O)O)OC(=O)CCCCCCCCCCCCCCC(=O)O.[Cl-]. The molecule has 0 heterocycles. The molecule has 0 radical (unpaired) electrons. The summed E-state index contributed by atoms with van der Waals surface area (Å²) in [5.41, 5.74) is 0. The van der Waals surface area contributed by atoms with Gasteiger partial charge in [-0.2, -0.15) is 0 Å². The number of carboxylic acid groups (broad SMARTS) is 2. The van der Waals surface area contributed by atoms with Crippen molar-refractivity contribution < 1.29 is 46.2 Å². The molecule has 31 heavy (non-hydrogen) atoms. The average molecular weight is 466 g/mol. The smallest absolute Gasteiger partial charge is 0.307 e. The average Bonchev–Trinajstić information content (AvgIpc) is 2.59. The highest BCUT2D eigenvalue weighted by molar-refractivity contribution is 5.71. The third-order valence-electron chi connectivity index (χ3n) is 4.97. The number of unbranched alkanes of at least 4 members (excludes halogenated alkanes) is 11. The molecule has 0 saturated heterocycles. The fourth-order valence-corrected chi connectivity index (χ4v) is 3.51. The van der Waals surface area contributed by atoms with Gasteiger partial charge in [-0.1, -0.05) is 64.2 Å². The van der Waals surface area contributed by atoms with Gasteiger partial charge in [-0.3, -0.25) is 14.4 Å². The van der Waals surface area contributed by atoms with Gasteiger partial charge in [0.05, 0.1) is 27.6 Å². The molecule has 0 aromatic rings. The fraction of sp³-hybridized carbons (Fsp3) is 0.870. The van der Waals surface area contributed by atoms with Crippen LogP contribution >= 0.6 is 0 Å². The van der Waals surface area contributed by atoms with Gasteiger partial charge in [-0.15, -0.1) is 0 Å².